The summed E-state index contributed by atoms with van der Waals surface area (Å²) in [7, 11) is 0. The fourth-order valence-corrected chi connectivity index (χ4v) is 5.99. The van der Waals surface area contributed by atoms with Gasteiger partial charge in [0.05, 0.1) is 6.10 Å². The van der Waals surface area contributed by atoms with Crippen molar-refractivity contribution in [3.8, 4) is 0 Å². The normalized spacial score (nSPS) is 19.0. The van der Waals surface area contributed by atoms with Crippen LogP contribution in [-0.4, -0.2) is 72.9 Å². The predicted octanol–water partition coefficient (Wildman–Crippen LogP) is 7.15. The third kappa shape index (κ3) is 15.6. The number of rotatable bonds is 24. The summed E-state index contributed by atoms with van der Waals surface area (Å²) in [4.78, 5) is 5.12. The second kappa shape index (κ2) is 21.9. The molecule has 0 spiro atoms. The Balaban J connectivity index is 1.35. The average molecular weight is 494 g/mol. The minimum absolute atomic E-state index is 0.126. The number of aliphatic hydroxyl groups excluding tert-OH is 1. The van der Waals surface area contributed by atoms with Gasteiger partial charge < -0.3 is 15.3 Å². The molecule has 2 aliphatic rings. The molecule has 2 fully saturated rings. The van der Waals surface area contributed by atoms with Crippen molar-refractivity contribution in [3.05, 3.63) is 0 Å². The summed E-state index contributed by atoms with van der Waals surface area (Å²) in [6, 6.07) is 0.393. The van der Waals surface area contributed by atoms with Crippen LogP contribution < -0.4 is 5.32 Å². The van der Waals surface area contributed by atoms with Gasteiger partial charge in [0, 0.05) is 32.2 Å². The maximum Gasteiger partial charge on any atom is 0.0695 e. The van der Waals surface area contributed by atoms with Crippen LogP contribution in [0.5, 0.6) is 0 Å². The van der Waals surface area contributed by atoms with Crippen LogP contribution in [0, 0.1) is 0 Å². The van der Waals surface area contributed by atoms with E-state index in [4.69, 9.17) is 0 Å². The molecule has 2 unspecified atom stereocenters. The first-order chi connectivity index (χ1) is 17.3. The zero-order valence-corrected chi connectivity index (χ0v) is 23.8. The smallest absolute Gasteiger partial charge is 0.0695 e. The molecule has 0 saturated carbocycles. The summed E-state index contributed by atoms with van der Waals surface area (Å²) in [6.07, 6.45) is 28.8. The molecule has 2 atom stereocenters. The van der Waals surface area contributed by atoms with Crippen LogP contribution in [0.2, 0.25) is 0 Å². The van der Waals surface area contributed by atoms with E-state index in [9.17, 15) is 5.11 Å². The molecule has 0 aliphatic carbocycles. The highest BCUT2D eigenvalue weighted by Crippen LogP contribution is 2.22. The van der Waals surface area contributed by atoms with Gasteiger partial charge in [-0.1, -0.05) is 122 Å². The van der Waals surface area contributed by atoms with E-state index < -0.39 is 0 Å². The molecule has 4 heteroatoms. The van der Waals surface area contributed by atoms with E-state index in [0.717, 1.165) is 32.5 Å². The van der Waals surface area contributed by atoms with Crippen LogP contribution in [-0.2, 0) is 0 Å². The van der Waals surface area contributed by atoms with Crippen LogP contribution in [0.15, 0.2) is 0 Å². The Hall–Kier alpha value is -0.160. The zero-order valence-electron chi connectivity index (χ0n) is 23.8. The minimum atomic E-state index is -0.126. The molecule has 0 bridgehead atoms. The van der Waals surface area contributed by atoms with E-state index in [1.165, 1.54) is 148 Å². The number of nitrogens with zero attached hydrogens (tertiary/aromatic N) is 2. The van der Waals surface area contributed by atoms with E-state index in [0.29, 0.717) is 6.04 Å². The maximum atomic E-state index is 10.9. The van der Waals surface area contributed by atoms with Crippen molar-refractivity contribution in [1.82, 2.24) is 15.1 Å². The van der Waals surface area contributed by atoms with Gasteiger partial charge in [-0.3, -0.25) is 4.90 Å². The Kier molecular flexibility index (Phi) is 19.4. The molecular weight excluding hydrogens is 430 g/mol. The monoisotopic (exact) mass is 493 g/mol. The highest BCUT2D eigenvalue weighted by molar-refractivity contribution is 4.85. The van der Waals surface area contributed by atoms with Crippen molar-refractivity contribution >= 4 is 0 Å². The molecule has 0 aromatic carbocycles. The van der Waals surface area contributed by atoms with Gasteiger partial charge in [0.25, 0.3) is 0 Å². The summed E-state index contributed by atoms with van der Waals surface area (Å²) in [5, 5.41) is 14.4. The summed E-state index contributed by atoms with van der Waals surface area (Å²) >= 11 is 0. The van der Waals surface area contributed by atoms with Gasteiger partial charge in [-0.05, 0) is 38.9 Å². The number of piperazine rings is 1. The van der Waals surface area contributed by atoms with Gasteiger partial charge in [-0.2, -0.15) is 0 Å². The molecule has 0 aromatic rings. The predicted molar refractivity (Wildman–Crippen MR) is 153 cm³/mol. The molecule has 2 heterocycles. The number of unbranched alkanes of at least 4 members (excludes halogenated alkanes) is 17. The van der Waals surface area contributed by atoms with E-state index in [2.05, 4.69) is 22.0 Å². The molecule has 35 heavy (non-hydrogen) atoms. The lowest BCUT2D eigenvalue weighted by atomic mass is 9.96. The lowest BCUT2D eigenvalue weighted by Gasteiger charge is -2.42. The molecule has 2 aliphatic heterocycles. The number of hydrogen-bond donors (Lipinski definition) is 2. The number of likely N-dealkylation sites (tertiary alicyclic amines) is 1. The van der Waals surface area contributed by atoms with Crippen LogP contribution in [0.25, 0.3) is 0 Å². The van der Waals surface area contributed by atoms with E-state index in [-0.39, 0.29) is 6.10 Å². The van der Waals surface area contributed by atoms with Crippen molar-refractivity contribution in [2.75, 3.05) is 45.8 Å². The second-order valence-electron chi connectivity index (χ2n) is 11.7. The van der Waals surface area contributed by atoms with Gasteiger partial charge in [-0.15, -0.1) is 0 Å². The van der Waals surface area contributed by atoms with Gasteiger partial charge in [0.1, 0.15) is 0 Å². The maximum absolute atomic E-state index is 10.9. The summed E-state index contributed by atoms with van der Waals surface area (Å²) < 4.78 is 0. The van der Waals surface area contributed by atoms with E-state index in [1.54, 1.807) is 0 Å². The highest BCUT2D eigenvalue weighted by Gasteiger charge is 2.29. The Morgan fingerprint density at radius 3 is 1.49 bits per heavy atom. The van der Waals surface area contributed by atoms with Crippen LogP contribution in [0.4, 0.5) is 0 Å². The lowest BCUT2D eigenvalue weighted by Crippen LogP contribution is -2.52. The first-order valence-corrected chi connectivity index (χ1v) is 16.2. The van der Waals surface area contributed by atoms with Crippen molar-refractivity contribution in [2.45, 2.75) is 154 Å². The number of hydrogen-bond acceptors (Lipinski definition) is 4. The second-order valence-corrected chi connectivity index (χ2v) is 11.7. The minimum Gasteiger partial charge on any atom is -0.391 e. The zero-order chi connectivity index (χ0) is 24.8. The van der Waals surface area contributed by atoms with E-state index >= 15 is 0 Å². The van der Waals surface area contributed by atoms with Crippen LogP contribution in [0.1, 0.15) is 142 Å². The fraction of sp³-hybridized carbons (Fsp3) is 1.00. The molecule has 208 valence electrons. The molecule has 2 saturated heterocycles. The van der Waals surface area contributed by atoms with Crippen molar-refractivity contribution in [3.63, 3.8) is 0 Å². The Labute approximate surface area is 220 Å². The van der Waals surface area contributed by atoms with E-state index in [1.807, 2.05) is 0 Å². The molecule has 4 nitrogen and oxygen atoms in total. The molecule has 0 radical (unpaired) electrons. The Bertz CT molecular complexity index is 451. The Morgan fingerprint density at radius 2 is 1.06 bits per heavy atom. The third-order valence-electron chi connectivity index (χ3n) is 8.61. The van der Waals surface area contributed by atoms with Crippen LogP contribution >= 0.6 is 0 Å². The average Bonchev–Trinajstić information content (AvgIpc) is 2.85. The Morgan fingerprint density at radius 1 is 0.600 bits per heavy atom. The van der Waals surface area contributed by atoms with Crippen LogP contribution in [0.3, 0.4) is 0 Å². The SMILES string of the molecule is CCCCCCCCCCCCCCCCCCCCC(O)C(CCN1CCNCC1)N1CCC1. The van der Waals surface area contributed by atoms with Gasteiger partial charge in [0.15, 0.2) is 0 Å². The number of nitrogens with one attached hydrogen (secondary N) is 1. The molecular formula is C31H63N3O. The lowest BCUT2D eigenvalue weighted by molar-refractivity contribution is 0.000935. The largest absolute Gasteiger partial charge is 0.391 e. The molecule has 0 aromatic heterocycles. The summed E-state index contributed by atoms with van der Waals surface area (Å²) in [6.45, 7) is 10.4. The van der Waals surface area contributed by atoms with Crippen molar-refractivity contribution in [2.24, 2.45) is 0 Å². The highest BCUT2D eigenvalue weighted by atomic mass is 16.3. The van der Waals surface area contributed by atoms with Gasteiger partial charge in [-0.25, -0.2) is 0 Å². The van der Waals surface area contributed by atoms with Crippen molar-refractivity contribution in [1.29, 1.82) is 0 Å². The summed E-state index contributed by atoms with van der Waals surface area (Å²) in [5.41, 5.74) is 0. The third-order valence-corrected chi connectivity index (χ3v) is 8.61. The van der Waals surface area contributed by atoms with Crippen molar-refractivity contribution < 1.29 is 5.11 Å². The molecule has 2 N–H and O–H groups in total. The first kappa shape index (κ1) is 31.1. The number of aliphatic hydroxyl groups is 1. The first-order valence-electron chi connectivity index (χ1n) is 16.2. The summed E-state index contributed by atoms with van der Waals surface area (Å²) in [5.74, 6) is 0. The molecule has 0 amide bonds. The fourth-order valence-electron chi connectivity index (χ4n) is 5.99. The standard InChI is InChI=1S/C31H63N3O/c1-2-3-4-5-6-7-8-9-10-11-12-13-14-15-16-17-18-19-21-31(35)30(34-25-20-26-34)22-27-33-28-23-32-24-29-33/h30-32,35H,2-29H2,1H3. The topological polar surface area (TPSA) is 38.7 Å². The molecule has 2 rings (SSSR count). The van der Waals surface area contributed by atoms with Gasteiger partial charge >= 0.3 is 0 Å². The van der Waals surface area contributed by atoms with Gasteiger partial charge in [0.2, 0.25) is 0 Å². The quantitative estimate of drug-likeness (QED) is 0.140.